The third-order valence-corrected chi connectivity index (χ3v) is 1.91. The summed E-state index contributed by atoms with van der Waals surface area (Å²) in [6, 6.07) is 4.78. The Balaban J connectivity index is 3.00. The van der Waals surface area contributed by atoms with E-state index in [1.807, 2.05) is 0 Å². The number of benzene rings is 1. The van der Waals surface area contributed by atoms with Crippen molar-refractivity contribution >= 4 is 24.8 Å². The van der Waals surface area contributed by atoms with Crippen LogP contribution in [0.1, 0.15) is 5.56 Å². The van der Waals surface area contributed by atoms with Gasteiger partial charge in [-0.05, 0) is 23.8 Å². The Hall–Kier alpha value is -2.06. The minimum Gasteiger partial charge on any atom is -0.497 e. The SMILES string of the molecule is COc1ccc(C=NN=C(N)N)cc1B(O)O. The number of nitrogens with zero attached hydrogens (tertiary/aromatic N) is 2. The molecule has 1 rings (SSSR count). The average molecular weight is 236 g/mol. The number of rotatable bonds is 4. The minimum atomic E-state index is -1.62. The molecule has 0 unspecified atom stereocenters. The number of methoxy groups -OCH3 is 1. The van der Waals surface area contributed by atoms with Gasteiger partial charge in [-0.25, -0.2) is 0 Å². The highest BCUT2D eigenvalue weighted by Gasteiger charge is 2.16. The third kappa shape index (κ3) is 3.78. The summed E-state index contributed by atoms with van der Waals surface area (Å²) in [6.07, 6.45) is 1.38. The van der Waals surface area contributed by atoms with Gasteiger partial charge in [0.15, 0.2) is 0 Å². The summed E-state index contributed by atoms with van der Waals surface area (Å²) in [6.45, 7) is 0. The van der Waals surface area contributed by atoms with E-state index in [0.717, 1.165) is 0 Å². The van der Waals surface area contributed by atoms with Crippen molar-refractivity contribution in [2.75, 3.05) is 7.11 Å². The third-order valence-electron chi connectivity index (χ3n) is 1.91. The first kappa shape index (κ1) is 13.0. The fourth-order valence-corrected chi connectivity index (χ4v) is 1.20. The summed E-state index contributed by atoms with van der Waals surface area (Å²) in [5.41, 5.74) is 11.0. The molecule has 1 aromatic carbocycles. The van der Waals surface area contributed by atoms with Crippen LogP contribution in [0.25, 0.3) is 0 Å². The van der Waals surface area contributed by atoms with E-state index in [1.165, 1.54) is 19.4 Å². The van der Waals surface area contributed by atoms with Crippen molar-refractivity contribution in [2.45, 2.75) is 0 Å². The Kier molecular flexibility index (Phi) is 4.50. The van der Waals surface area contributed by atoms with Crippen LogP contribution in [0.4, 0.5) is 0 Å². The maximum atomic E-state index is 9.14. The van der Waals surface area contributed by atoms with E-state index in [4.69, 9.17) is 26.3 Å². The quantitative estimate of drug-likeness (QED) is 0.208. The minimum absolute atomic E-state index is 0.155. The molecule has 0 radical (unpaired) electrons. The lowest BCUT2D eigenvalue weighted by atomic mass is 9.79. The largest absolute Gasteiger partial charge is 0.497 e. The zero-order valence-corrected chi connectivity index (χ0v) is 9.24. The first-order valence-electron chi connectivity index (χ1n) is 4.70. The summed E-state index contributed by atoms with van der Waals surface area (Å²) in [4.78, 5) is 0. The maximum Gasteiger partial charge on any atom is 0.492 e. The molecule has 0 aliphatic carbocycles. The summed E-state index contributed by atoms with van der Waals surface area (Å²) in [7, 11) is -0.185. The van der Waals surface area contributed by atoms with Gasteiger partial charge in [-0.3, -0.25) is 0 Å². The molecular weight excluding hydrogens is 223 g/mol. The molecule has 0 aromatic heterocycles. The molecule has 6 N–H and O–H groups in total. The molecule has 1 aromatic rings. The van der Waals surface area contributed by atoms with Crippen LogP contribution in [-0.4, -0.2) is 36.5 Å². The molecule has 90 valence electrons. The van der Waals surface area contributed by atoms with Crippen molar-refractivity contribution in [3.05, 3.63) is 23.8 Å². The molecule has 0 atom stereocenters. The summed E-state index contributed by atoms with van der Waals surface area (Å²) in [5.74, 6) is 0.219. The first-order valence-corrected chi connectivity index (χ1v) is 4.70. The van der Waals surface area contributed by atoms with Gasteiger partial charge in [0.25, 0.3) is 0 Å². The Bertz CT molecular complexity index is 444. The van der Waals surface area contributed by atoms with Crippen LogP contribution in [0.5, 0.6) is 5.75 Å². The number of ether oxygens (including phenoxy) is 1. The van der Waals surface area contributed by atoms with Crippen LogP contribution in [0.3, 0.4) is 0 Å². The smallest absolute Gasteiger partial charge is 0.492 e. The summed E-state index contributed by atoms with van der Waals surface area (Å²) < 4.78 is 4.97. The second-order valence-corrected chi connectivity index (χ2v) is 3.14. The van der Waals surface area contributed by atoms with Crippen molar-refractivity contribution in [1.82, 2.24) is 0 Å². The number of hydrogen-bond acceptors (Lipinski definition) is 5. The molecule has 0 saturated carbocycles. The molecule has 0 aliphatic rings. The maximum absolute atomic E-state index is 9.14. The van der Waals surface area contributed by atoms with Gasteiger partial charge in [0.2, 0.25) is 5.96 Å². The van der Waals surface area contributed by atoms with Gasteiger partial charge in [0, 0.05) is 5.46 Å². The highest BCUT2D eigenvalue weighted by atomic mass is 16.5. The van der Waals surface area contributed by atoms with Crippen LogP contribution < -0.4 is 21.7 Å². The lowest BCUT2D eigenvalue weighted by Crippen LogP contribution is -2.31. The Morgan fingerprint density at radius 2 is 2.12 bits per heavy atom. The van der Waals surface area contributed by atoms with Gasteiger partial charge < -0.3 is 26.3 Å². The second-order valence-electron chi connectivity index (χ2n) is 3.14. The molecule has 0 fully saturated rings. The molecule has 17 heavy (non-hydrogen) atoms. The van der Waals surface area contributed by atoms with Gasteiger partial charge in [-0.2, -0.15) is 5.10 Å². The van der Waals surface area contributed by atoms with Crippen molar-refractivity contribution in [3.63, 3.8) is 0 Å². The number of guanidine groups is 1. The van der Waals surface area contributed by atoms with Gasteiger partial charge in [-0.15, -0.1) is 5.10 Å². The van der Waals surface area contributed by atoms with Gasteiger partial charge in [0.1, 0.15) is 5.75 Å². The van der Waals surface area contributed by atoms with E-state index in [0.29, 0.717) is 11.3 Å². The highest BCUT2D eigenvalue weighted by Crippen LogP contribution is 2.08. The van der Waals surface area contributed by atoms with E-state index in [9.17, 15) is 0 Å². The monoisotopic (exact) mass is 236 g/mol. The van der Waals surface area contributed by atoms with Crippen LogP contribution >= 0.6 is 0 Å². The summed E-state index contributed by atoms with van der Waals surface area (Å²) in [5, 5.41) is 25.3. The molecule has 0 saturated heterocycles. The van der Waals surface area contributed by atoms with Crippen molar-refractivity contribution < 1.29 is 14.8 Å². The molecule has 0 amide bonds. The van der Waals surface area contributed by atoms with Crippen LogP contribution in [-0.2, 0) is 0 Å². The highest BCUT2D eigenvalue weighted by molar-refractivity contribution is 6.59. The Labute approximate surface area is 98.6 Å². The van der Waals surface area contributed by atoms with Crippen molar-refractivity contribution in [2.24, 2.45) is 21.7 Å². The predicted molar refractivity (Wildman–Crippen MR) is 66.2 cm³/mol. The number of hydrogen-bond donors (Lipinski definition) is 4. The van der Waals surface area contributed by atoms with Crippen LogP contribution in [0.2, 0.25) is 0 Å². The normalized spacial score (nSPS) is 10.3. The van der Waals surface area contributed by atoms with Crippen molar-refractivity contribution in [1.29, 1.82) is 0 Å². The molecular formula is C9H13BN4O3. The molecule has 0 heterocycles. The van der Waals surface area contributed by atoms with E-state index in [2.05, 4.69) is 10.2 Å². The molecule has 0 aliphatic heterocycles. The second kappa shape index (κ2) is 5.87. The topological polar surface area (TPSA) is 126 Å². The lowest BCUT2D eigenvalue weighted by molar-refractivity contribution is 0.403. The summed E-state index contributed by atoms with van der Waals surface area (Å²) >= 11 is 0. The standard InChI is InChI=1S/C9H13BN4O3/c1-17-8-3-2-6(4-7(8)10(15)16)5-13-14-9(11)12/h2-5,15-16H,1H3,(H4,11,12,14). The van der Waals surface area contributed by atoms with E-state index in [-0.39, 0.29) is 11.4 Å². The van der Waals surface area contributed by atoms with Crippen molar-refractivity contribution in [3.8, 4) is 5.75 Å². The molecule has 7 nitrogen and oxygen atoms in total. The molecule has 0 spiro atoms. The predicted octanol–water partition coefficient (Wildman–Crippen LogP) is -2.02. The van der Waals surface area contributed by atoms with Gasteiger partial charge in [-0.1, -0.05) is 0 Å². The zero-order chi connectivity index (χ0) is 12.8. The van der Waals surface area contributed by atoms with E-state index >= 15 is 0 Å². The Morgan fingerprint density at radius 3 is 2.65 bits per heavy atom. The number of nitrogens with two attached hydrogens (primary N) is 2. The average Bonchev–Trinajstić information content (AvgIpc) is 2.28. The fraction of sp³-hybridized carbons (Fsp3) is 0.111. The molecule has 0 bridgehead atoms. The van der Waals surface area contributed by atoms with E-state index < -0.39 is 7.12 Å². The van der Waals surface area contributed by atoms with E-state index in [1.54, 1.807) is 12.1 Å². The Morgan fingerprint density at radius 1 is 1.41 bits per heavy atom. The zero-order valence-electron chi connectivity index (χ0n) is 9.24. The first-order chi connectivity index (χ1) is 8.04. The van der Waals surface area contributed by atoms with Crippen LogP contribution in [0.15, 0.2) is 28.4 Å². The fourth-order valence-electron chi connectivity index (χ4n) is 1.20. The van der Waals surface area contributed by atoms with Gasteiger partial charge >= 0.3 is 7.12 Å². The van der Waals surface area contributed by atoms with Crippen LogP contribution in [0, 0.1) is 0 Å². The molecule has 8 heteroatoms. The van der Waals surface area contributed by atoms with Gasteiger partial charge in [0.05, 0.1) is 13.3 Å². The lowest BCUT2D eigenvalue weighted by Gasteiger charge is -2.07.